The van der Waals surface area contributed by atoms with Crippen molar-refractivity contribution in [3.63, 3.8) is 0 Å². The van der Waals surface area contributed by atoms with E-state index >= 15 is 0 Å². The lowest BCUT2D eigenvalue weighted by atomic mass is 10.2. The van der Waals surface area contributed by atoms with E-state index in [0.717, 1.165) is 5.01 Å². The van der Waals surface area contributed by atoms with Gasteiger partial charge in [0.1, 0.15) is 5.60 Å². The topological polar surface area (TPSA) is 121 Å². The number of hydrogen-bond acceptors (Lipinski definition) is 7. The number of urea groups is 1. The third-order valence-electron chi connectivity index (χ3n) is 4.35. The van der Waals surface area contributed by atoms with Crippen molar-refractivity contribution in [2.75, 3.05) is 33.2 Å². The number of nitrogens with zero attached hydrogens (tertiary/aromatic N) is 5. The smallest absolute Gasteiger partial charge is 0.410 e. The van der Waals surface area contributed by atoms with E-state index in [-0.39, 0.29) is 24.3 Å². The molecule has 0 unspecified atom stereocenters. The van der Waals surface area contributed by atoms with Gasteiger partial charge in [-0.05, 0) is 20.8 Å². The highest BCUT2D eigenvalue weighted by Gasteiger charge is 2.29. The molecule has 0 bridgehead atoms. The van der Waals surface area contributed by atoms with E-state index in [9.17, 15) is 14.4 Å². The van der Waals surface area contributed by atoms with Crippen LogP contribution in [0.15, 0.2) is 4.52 Å². The highest BCUT2D eigenvalue weighted by atomic mass is 16.6. The quantitative estimate of drug-likeness (QED) is 0.731. The van der Waals surface area contributed by atoms with Gasteiger partial charge in [-0.3, -0.25) is 10.2 Å². The number of nitrogens with one attached hydrogen (secondary N) is 1. The number of hydrogen-bond donors (Lipinski definition) is 1. The van der Waals surface area contributed by atoms with Crippen molar-refractivity contribution < 1.29 is 23.6 Å². The van der Waals surface area contributed by atoms with Crippen LogP contribution in [0.2, 0.25) is 0 Å². The number of ether oxygens (including phenoxy) is 1. The molecule has 0 radical (unpaired) electrons. The van der Waals surface area contributed by atoms with Crippen LogP contribution in [0.5, 0.6) is 0 Å². The lowest BCUT2D eigenvalue weighted by molar-refractivity contribution is -0.124. The molecule has 0 atom stereocenters. The van der Waals surface area contributed by atoms with Crippen LogP contribution in [0.25, 0.3) is 0 Å². The fraction of sp³-hybridized carbons (Fsp3) is 0.737. The van der Waals surface area contributed by atoms with Crippen LogP contribution in [0.1, 0.15) is 58.7 Å². The summed E-state index contributed by atoms with van der Waals surface area (Å²) in [5.74, 6) is 0.808. The molecule has 2 heterocycles. The number of piperazine rings is 1. The Bertz CT molecular complexity index is 749. The molecule has 1 saturated heterocycles. The van der Waals surface area contributed by atoms with Crippen LogP contribution in [0.4, 0.5) is 9.59 Å². The summed E-state index contributed by atoms with van der Waals surface area (Å²) in [5.41, 5.74) is 1.99. The Labute approximate surface area is 176 Å². The Morgan fingerprint density at radius 1 is 1.17 bits per heavy atom. The van der Waals surface area contributed by atoms with Gasteiger partial charge in [0, 0.05) is 52.0 Å². The van der Waals surface area contributed by atoms with E-state index in [4.69, 9.17) is 9.26 Å². The third-order valence-corrected chi connectivity index (χ3v) is 4.35. The highest BCUT2D eigenvalue weighted by molar-refractivity contribution is 5.81. The first-order valence-electron chi connectivity index (χ1n) is 10.1. The molecular formula is C19H32N6O5. The number of hydrazine groups is 1. The zero-order chi connectivity index (χ0) is 22.5. The van der Waals surface area contributed by atoms with E-state index in [2.05, 4.69) is 15.6 Å². The van der Waals surface area contributed by atoms with Crippen LogP contribution < -0.4 is 5.43 Å². The van der Waals surface area contributed by atoms with Crippen LogP contribution in [0, 0.1) is 0 Å². The second kappa shape index (κ2) is 9.77. The minimum atomic E-state index is -0.563. The van der Waals surface area contributed by atoms with Crippen molar-refractivity contribution in [2.24, 2.45) is 0 Å². The Morgan fingerprint density at radius 3 is 2.30 bits per heavy atom. The van der Waals surface area contributed by atoms with Crippen LogP contribution in [-0.2, 0) is 16.0 Å². The SMILES string of the molecule is CC(C)c1noc(CCC(=O)NN(C)C(=O)N2CCN(C(=O)OC(C)(C)C)CC2)n1. The predicted molar refractivity (Wildman–Crippen MR) is 107 cm³/mol. The summed E-state index contributed by atoms with van der Waals surface area (Å²) >= 11 is 0. The summed E-state index contributed by atoms with van der Waals surface area (Å²) in [5, 5.41) is 5.01. The van der Waals surface area contributed by atoms with Crippen molar-refractivity contribution in [2.45, 2.75) is 59.0 Å². The van der Waals surface area contributed by atoms with Gasteiger partial charge in [-0.1, -0.05) is 19.0 Å². The van der Waals surface area contributed by atoms with E-state index in [1.165, 1.54) is 7.05 Å². The van der Waals surface area contributed by atoms with Gasteiger partial charge in [0.2, 0.25) is 11.8 Å². The van der Waals surface area contributed by atoms with Gasteiger partial charge in [0.15, 0.2) is 5.82 Å². The monoisotopic (exact) mass is 424 g/mol. The summed E-state index contributed by atoms with van der Waals surface area (Å²) in [6.45, 7) is 10.8. The number of carbonyl (C=O) groups is 3. The molecule has 30 heavy (non-hydrogen) atoms. The Morgan fingerprint density at radius 2 is 1.77 bits per heavy atom. The summed E-state index contributed by atoms with van der Waals surface area (Å²) in [6, 6.07) is -0.341. The fourth-order valence-corrected chi connectivity index (χ4v) is 2.73. The molecule has 168 valence electrons. The molecule has 0 aromatic carbocycles. The minimum Gasteiger partial charge on any atom is -0.444 e. The molecule has 11 heteroatoms. The maximum atomic E-state index is 12.6. The predicted octanol–water partition coefficient (Wildman–Crippen LogP) is 1.76. The maximum Gasteiger partial charge on any atom is 0.410 e. The molecule has 0 spiro atoms. The molecule has 4 amide bonds. The standard InChI is InChI=1S/C19H32N6O5/c1-13(2)16-20-15(30-22-16)8-7-14(26)21-23(6)17(27)24-9-11-25(12-10-24)18(28)29-19(3,4)5/h13H,7-12H2,1-6H3,(H,21,26). The second-order valence-electron chi connectivity index (χ2n) is 8.53. The Balaban J connectivity index is 1.75. The van der Waals surface area contributed by atoms with Gasteiger partial charge in [-0.15, -0.1) is 0 Å². The van der Waals surface area contributed by atoms with Crippen molar-refractivity contribution in [1.82, 2.24) is 30.4 Å². The Hall–Kier alpha value is -2.85. The normalized spacial score (nSPS) is 14.6. The minimum absolute atomic E-state index is 0.115. The first kappa shape index (κ1) is 23.4. The average Bonchev–Trinajstić information content (AvgIpc) is 3.14. The highest BCUT2D eigenvalue weighted by Crippen LogP contribution is 2.13. The van der Waals surface area contributed by atoms with E-state index in [1.807, 2.05) is 34.6 Å². The zero-order valence-electron chi connectivity index (χ0n) is 18.6. The van der Waals surface area contributed by atoms with Gasteiger partial charge >= 0.3 is 12.1 Å². The van der Waals surface area contributed by atoms with Crippen molar-refractivity contribution >= 4 is 18.0 Å². The summed E-state index contributed by atoms with van der Waals surface area (Å²) < 4.78 is 10.5. The Kier molecular flexibility index (Phi) is 7.63. The molecule has 2 rings (SSSR count). The molecule has 1 N–H and O–H groups in total. The number of rotatable bonds is 4. The van der Waals surface area contributed by atoms with Gasteiger partial charge in [-0.25, -0.2) is 14.6 Å². The van der Waals surface area contributed by atoms with Crippen LogP contribution in [-0.4, -0.2) is 81.8 Å². The second-order valence-corrected chi connectivity index (χ2v) is 8.53. The number of carbonyl (C=O) groups excluding carboxylic acids is 3. The maximum absolute atomic E-state index is 12.6. The molecule has 1 aromatic heterocycles. The van der Waals surface area contributed by atoms with Gasteiger partial charge in [0.05, 0.1) is 0 Å². The first-order chi connectivity index (χ1) is 14.0. The van der Waals surface area contributed by atoms with Crippen molar-refractivity contribution in [1.29, 1.82) is 0 Å². The van der Waals surface area contributed by atoms with E-state index in [1.54, 1.807) is 9.80 Å². The molecule has 1 aromatic rings. The zero-order valence-corrected chi connectivity index (χ0v) is 18.6. The number of aromatic nitrogens is 2. The fourth-order valence-electron chi connectivity index (χ4n) is 2.73. The molecule has 0 aliphatic carbocycles. The van der Waals surface area contributed by atoms with E-state index in [0.29, 0.717) is 44.3 Å². The summed E-state index contributed by atoms with van der Waals surface area (Å²) in [7, 11) is 1.49. The van der Waals surface area contributed by atoms with Gasteiger partial charge < -0.3 is 19.1 Å². The van der Waals surface area contributed by atoms with Gasteiger partial charge in [-0.2, -0.15) is 4.98 Å². The molecule has 1 fully saturated rings. The van der Waals surface area contributed by atoms with E-state index < -0.39 is 11.7 Å². The first-order valence-corrected chi connectivity index (χ1v) is 10.1. The summed E-state index contributed by atoms with van der Waals surface area (Å²) in [6.07, 6.45) is 0.0178. The number of amides is 4. The largest absolute Gasteiger partial charge is 0.444 e. The molecule has 0 saturated carbocycles. The molecular weight excluding hydrogens is 392 g/mol. The van der Waals surface area contributed by atoms with Crippen molar-refractivity contribution in [3.8, 4) is 0 Å². The lowest BCUT2D eigenvalue weighted by Gasteiger charge is -2.37. The molecule has 1 aliphatic rings. The number of aryl methyl sites for hydroxylation is 1. The lowest BCUT2D eigenvalue weighted by Crippen LogP contribution is -2.56. The molecule has 1 aliphatic heterocycles. The van der Waals surface area contributed by atoms with Crippen LogP contribution >= 0.6 is 0 Å². The van der Waals surface area contributed by atoms with Gasteiger partial charge in [0.25, 0.3) is 0 Å². The molecule has 11 nitrogen and oxygen atoms in total. The third kappa shape index (κ3) is 6.89. The summed E-state index contributed by atoms with van der Waals surface area (Å²) in [4.78, 5) is 44.2. The van der Waals surface area contributed by atoms with Crippen molar-refractivity contribution in [3.05, 3.63) is 11.7 Å². The average molecular weight is 425 g/mol. The van der Waals surface area contributed by atoms with Crippen LogP contribution in [0.3, 0.4) is 0 Å².